The molecule has 3 aliphatic rings. The van der Waals surface area contributed by atoms with Crippen LogP contribution in [0.1, 0.15) is 50.5 Å². The fourth-order valence-corrected chi connectivity index (χ4v) is 4.92. The number of guanidine groups is 1. The van der Waals surface area contributed by atoms with E-state index in [1.807, 2.05) is 0 Å². The second kappa shape index (κ2) is 7.72. The molecule has 4 rings (SSSR count). The Morgan fingerprint density at radius 1 is 1.15 bits per heavy atom. The van der Waals surface area contributed by atoms with Crippen LogP contribution in [0, 0.1) is 23.2 Å². The quantitative estimate of drug-likeness (QED) is 0.876. The molecular formula is C22H28N4O. The second-order valence-corrected chi connectivity index (χ2v) is 8.27. The Kier molecular flexibility index (Phi) is 5.15. The maximum absolute atomic E-state index is 12.6. The van der Waals surface area contributed by atoms with Gasteiger partial charge < -0.3 is 4.90 Å². The molecule has 5 nitrogen and oxygen atoms in total. The summed E-state index contributed by atoms with van der Waals surface area (Å²) in [5, 5.41) is 12.5. The number of carbonyl (C=O) groups is 1. The maximum atomic E-state index is 12.6. The van der Waals surface area contributed by atoms with E-state index in [0.717, 1.165) is 58.0 Å². The number of hydrogen-bond donors (Lipinski definition) is 1. The highest BCUT2D eigenvalue weighted by atomic mass is 16.2. The summed E-state index contributed by atoms with van der Waals surface area (Å²) in [5.74, 6) is 0.596. The summed E-state index contributed by atoms with van der Waals surface area (Å²) >= 11 is 0. The predicted molar refractivity (Wildman–Crippen MR) is 105 cm³/mol. The smallest absolute Gasteiger partial charge is 0.246 e. The lowest BCUT2D eigenvalue weighted by atomic mass is 9.72. The zero-order valence-corrected chi connectivity index (χ0v) is 15.9. The molecule has 1 aromatic rings. The number of nitriles is 1. The lowest BCUT2D eigenvalue weighted by Gasteiger charge is -2.43. The number of piperidine rings is 1. The minimum absolute atomic E-state index is 0.157. The van der Waals surface area contributed by atoms with Gasteiger partial charge in [0.1, 0.15) is 0 Å². The van der Waals surface area contributed by atoms with Crippen LogP contribution in [0.3, 0.4) is 0 Å². The average Bonchev–Trinajstić information content (AvgIpc) is 2.70. The maximum Gasteiger partial charge on any atom is 0.246 e. The number of hydrogen-bond acceptors (Lipinski definition) is 4. The van der Waals surface area contributed by atoms with E-state index in [1.54, 1.807) is 0 Å². The first-order valence-electron chi connectivity index (χ1n) is 10.3. The van der Waals surface area contributed by atoms with Gasteiger partial charge in [-0.15, -0.1) is 0 Å². The molecular weight excluding hydrogens is 336 g/mol. The first kappa shape index (κ1) is 18.0. The summed E-state index contributed by atoms with van der Waals surface area (Å²) in [7, 11) is 0. The first-order chi connectivity index (χ1) is 13.2. The monoisotopic (exact) mass is 364 g/mol. The fraction of sp³-hybridized carbons (Fsp3) is 0.591. The first-order valence-corrected chi connectivity index (χ1v) is 10.3. The van der Waals surface area contributed by atoms with Crippen LogP contribution in [0.25, 0.3) is 0 Å². The molecule has 0 radical (unpaired) electrons. The van der Waals surface area contributed by atoms with Crippen LogP contribution in [-0.2, 0) is 11.2 Å². The highest BCUT2D eigenvalue weighted by molar-refractivity contribution is 6.02. The summed E-state index contributed by atoms with van der Waals surface area (Å²) in [6.45, 7) is 1.84. The van der Waals surface area contributed by atoms with E-state index in [9.17, 15) is 10.1 Å². The molecule has 1 aliphatic carbocycles. The summed E-state index contributed by atoms with van der Waals surface area (Å²) in [6, 6.07) is 12.9. The van der Waals surface area contributed by atoms with Gasteiger partial charge in [0.05, 0.1) is 11.6 Å². The van der Waals surface area contributed by atoms with Gasteiger partial charge >= 0.3 is 0 Å². The van der Waals surface area contributed by atoms with Gasteiger partial charge in [0.2, 0.25) is 11.9 Å². The van der Waals surface area contributed by atoms with E-state index < -0.39 is 11.5 Å². The van der Waals surface area contributed by atoms with Crippen molar-refractivity contribution in [2.75, 3.05) is 13.1 Å². The van der Waals surface area contributed by atoms with Gasteiger partial charge in [-0.1, -0.05) is 49.6 Å². The standard InChI is InChI=1S/C22H28N4O/c23-16-19-20(27)24-21(25-22(19)11-5-2-6-12-22)26-13-9-18(10-14-26)15-17-7-3-1-4-8-17/h1,3-4,7-8,18-19H,2,5-6,9-15H2,(H,24,25,27)/t19-/m0/s1. The van der Waals surface area contributed by atoms with Crippen LogP contribution in [0.4, 0.5) is 0 Å². The van der Waals surface area contributed by atoms with Crippen molar-refractivity contribution in [1.29, 1.82) is 5.26 Å². The predicted octanol–water partition coefficient (Wildman–Crippen LogP) is 3.27. The number of rotatable bonds is 2. The van der Waals surface area contributed by atoms with Gasteiger partial charge in [-0.25, -0.2) is 4.99 Å². The van der Waals surface area contributed by atoms with Gasteiger partial charge in [0.25, 0.3) is 0 Å². The largest absolute Gasteiger partial charge is 0.343 e. The highest BCUT2D eigenvalue weighted by Crippen LogP contribution is 2.40. The summed E-state index contributed by atoms with van der Waals surface area (Å²) in [4.78, 5) is 19.8. The highest BCUT2D eigenvalue weighted by Gasteiger charge is 2.48. The van der Waals surface area contributed by atoms with Crippen molar-refractivity contribution in [3.63, 3.8) is 0 Å². The van der Waals surface area contributed by atoms with Crippen molar-refractivity contribution in [2.24, 2.45) is 16.8 Å². The van der Waals surface area contributed by atoms with Crippen molar-refractivity contribution in [3.8, 4) is 6.07 Å². The topological polar surface area (TPSA) is 68.5 Å². The van der Waals surface area contributed by atoms with Gasteiger partial charge in [0.15, 0.2) is 5.92 Å². The molecule has 27 heavy (non-hydrogen) atoms. The van der Waals surface area contributed by atoms with Crippen LogP contribution in [0.15, 0.2) is 35.3 Å². The molecule has 2 heterocycles. The number of benzene rings is 1. The molecule has 5 heteroatoms. The van der Waals surface area contributed by atoms with Gasteiger partial charge in [-0.3, -0.25) is 10.1 Å². The zero-order valence-electron chi connectivity index (χ0n) is 15.9. The average molecular weight is 364 g/mol. The van der Waals surface area contributed by atoms with E-state index in [1.165, 1.54) is 12.0 Å². The number of carbonyl (C=O) groups excluding carboxylic acids is 1. The second-order valence-electron chi connectivity index (χ2n) is 8.27. The van der Waals surface area contributed by atoms with Crippen LogP contribution in [0.5, 0.6) is 0 Å². The van der Waals surface area contributed by atoms with Crippen molar-refractivity contribution < 1.29 is 4.79 Å². The third kappa shape index (κ3) is 3.71. The third-order valence-corrected chi connectivity index (χ3v) is 6.49. The summed E-state index contributed by atoms with van der Waals surface area (Å²) < 4.78 is 0. The number of likely N-dealkylation sites (tertiary alicyclic amines) is 1. The number of amides is 1. The van der Waals surface area contributed by atoms with Crippen molar-refractivity contribution in [3.05, 3.63) is 35.9 Å². The Labute approximate surface area is 161 Å². The lowest BCUT2D eigenvalue weighted by molar-refractivity contribution is -0.125. The molecule has 0 aromatic heterocycles. The molecule has 1 spiro atoms. The van der Waals surface area contributed by atoms with Gasteiger partial charge in [-0.05, 0) is 43.6 Å². The summed E-state index contributed by atoms with van der Waals surface area (Å²) in [6.07, 6.45) is 8.34. The molecule has 142 valence electrons. The fourth-order valence-electron chi connectivity index (χ4n) is 4.92. The molecule has 1 N–H and O–H groups in total. The van der Waals surface area contributed by atoms with Gasteiger partial charge in [0, 0.05) is 13.1 Å². The molecule has 1 aromatic carbocycles. The van der Waals surface area contributed by atoms with E-state index in [4.69, 9.17) is 4.99 Å². The van der Waals surface area contributed by atoms with Crippen LogP contribution < -0.4 is 5.32 Å². The normalized spacial score (nSPS) is 25.6. The molecule has 1 saturated carbocycles. The number of nitrogens with zero attached hydrogens (tertiary/aromatic N) is 3. The SMILES string of the molecule is N#C[C@H]1C(=O)NC(N2CCC(Cc3ccccc3)CC2)=NC12CCCCC2. The Bertz CT molecular complexity index is 737. The Balaban J connectivity index is 1.44. The zero-order chi connectivity index (χ0) is 18.7. The lowest BCUT2D eigenvalue weighted by Crippen LogP contribution is -2.58. The summed E-state index contributed by atoms with van der Waals surface area (Å²) in [5.41, 5.74) is 0.906. The molecule has 1 atom stereocenters. The van der Waals surface area contributed by atoms with Crippen LogP contribution >= 0.6 is 0 Å². The van der Waals surface area contributed by atoms with Gasteiger partial charge in [-0.2, -0.15) is 5.26 Å². The number of nitrogens with one attached hydrogen (secondary N) is 1. The molecule has 2 fully saturated rings. The Hall–Kier alpha value is -2.35. The van der Waals surface area contributed by atoms with Crippen LogP contribution in [0.2, 0.25) is 0 Å². The van der Waals surface area contributed by atoms with Crippen molar-refractivity contribution in [1.82, 2.24) is 10.2 Å². The molecule has 1 saturated heterocycles. The van der Waals surface area contributed by atoms with E-state index in [2.05, 4.69) is 46.6 Å². The molecule has 0 unspecified atom stereocenters. The van der Waals surface area contributed by atoms with E-state index in [0.29, 0.717) is 11.9 Å². The molecule has 1 amide bonds. The van der Waals surface area contributed by atoms with Crippen molar-refractivity contribution >= 4 is 11.9 Å². The van der Waals surface area contributed by atoms with Crippen LogP contribution in [-0.4, -0.2) is 35.4 Å². The minimum Gasteiger partial charge on any atom is -0.343 e. The van der Waals surface area contributed by atoms with Crippen molar-refractivity contribution in [2.45, 2.75) is 56.9 Å². The molecule has 2 aliphatic heterocycles. The number of aliphatic imine (C=N–C) groups is 1. The third-order valence-electron chi connectivity index (χ3n) is 6.49. The van der Waals surface area contributed by atoms with E-state index >= 15 is 0 Å². The molecule has 0 bridgehead atoms. The minimum atomic E-state index is -0.642. The Morgan fingerprint density at radius 3 is 2.52 bits per heavy atom. The Morgan fingerprint density at radius 2 is 1.85 bits per heavy atom. The van der Waals surface area contributed by atoms with E-state index in [-0.39, 0.29) is 5.91 Å².